The van der Waals surface area contributed by atoms with Crippen LogP contribution in [0.4, 0.5) is 0 Å². The van der Waals surface area contributed by atoms with Crippen molar-refractivity contribution in [1.82, 2.24) is 4.57 Å². The third-order valence-corrected chi connectivity index (χ3v) is 2.16. The van der Waals surface area contributed by atoms with Crippen molar-refractivity contribution in [3.63, 3.8) is 0 Å². The number of methoxy groups -OCH3 is 1. The van der Waals surface area contributed by atoms with Gasteiger partial charge in [0.15, 0.2) is 0 Å². The third kappa shape index (κ3) is 3.13. The second-order valence-corrected chi connectivity index (χ2v) is 3.19. The summed E-state index contributed by atoms with van der Waals surface area (Å²) in [5, 5.41) is 8.37. The average molecular weight is 206 g/mol. The lowest BCUT2D eigenvalue weighted by Gasteiger charge is -2.06. The van der Waals surface area contributed by atoms with E-state index in [1.807, 2.05) is 16.8 Å². The van der Waals surface area contributed by atoms with E-state index in [2.05, 4.69) is 10.8 Å². The Morgan fingerprint density at radius 2 is 2.40 bits per heavy atom. The molecule has 0 radical (unpaired) electrons. The number of ether oxygens (including phenoxy) is 1. The Labute approximate surface area is 89.1 Å². The quantitative estimate of drug-likeness (QED) is 0.546. The highest BCUT2D eigenvalue weighted by Gasteiger charge is 2.09. The molecule has 15 heavy (non-hydrogen) atoms. The van der Waals surface area contributed by atoms with Gasteiger partial charge in [0.25, 0.3) is 0 Å². The zero-order valence-electron chi connectivity index (χ0n) is 8.77. The molecular formula is C11H14N2O2. The van der Waals surface area contributed by atoms with Gasteiger partial charge < -0.3 is 9.30 Å². The molecule has 1 aromatic heterocycles. The van der Waals surface area contributed by atoms with Gasteiger partial charge in [-0.2, -0.15) is 5.26 Å². The number of aryl methyl sites for hydroxylation is 1. The molecule has 1 aromatic rings. The summed E-state index contributed by atoms with van der Waals surface area (Å²) < 4.78 is 6.50. The van der Waals surface area contributed by atoms with Crippen LogP contribution in [0.5, 0.6) is 0 Å². The summed E-state index contributed by atoms with van der Waals surface area (Å²) in [5.74, 6) is -0.319. The van der Waals surface area contributed by atoms with Gasteiger partial charge in [0.1, 0.15) is 5.69 Å². The smallest absolute Gasteiger partial charge is 0.354 e. The number of hydrogen-bond acceptors (Lipinski definition) is 3. The Morgan fingerprint density at radius 3 is 3.07 bits per heavy atom. The van der Waals surface area contributed by atoms with Crippen molar-refractivity contribution in [3.8, 4) is 6.07 Å². The van der Waals surface area contributed by atoms with Crippen LogP contribution in [-0.4, -0.2) is 17.6 Å². The zero-order valence-corrected chi connectivity index (χ0v) is 8.77. The lowest BCUT2D eigenvalue weighted by atomic mass is 10.2. The number of carbonyl (C=O) groups excluding carboxylic acids is 1. The molecule has 0 aromatic carbocycles. The van der Waals surface area contributed by atoms with Gasteiger partial charge in [-0.1, -0.05) is 0 Å². The van der Waals surface area contributed by atoms with Gasteiger partial charge in [-0.25, -0.2) is 4.79 Å². The molecule has 0 N–H and O–H groups in total. The van der Waals surface area contributed by atoms with Gasteiger partial charge in [-0.3, -0.25) is 0 Å². The van der Waals surface area contributed by atoms with Gasteiger partial charge in [-0.05, 0) is 25.0 Å². The van der Waals surface area contributed by atoms with Gasteiger partial charge in [0.05, 0.1) is 13.2 Å². The van der Waals surface area contributed by atoms with E-state index >= 15 is 0 Å². The minimum atomic E-state index is -0.319. The van der Waals surface area contributed by atoms with Crippen molar-refractivity contribution in [3.05, 3.63) is 24.0 Å². The first-order chi connectivity index (χ1) is 7.29. The minimum absolute atomic E-state index is 0.319. The molecule has 0 atom stereocenters. The average Bonchev–Trinajstić information content (AvgIpc) is 2.71. The maximum Gasteiger partial charge on any atom is 0.354 e. The molecule has 4 heteroatoms. The summed E-state index contributed by atoms with van der Waals surface area (Å²) in [4.78, 5) is 11.3. The van der Waals surface area contributed by atoms with Gasteiger partial charge in [0.2, 0.25) is 0 Å². The van der Waals surface area contributed by atoms with Crippen LogP contribution in [0, 0.1) is 11.3 Å². The van der Waals surface area contributed by atoms with Crippen molar-refractivity contribution >= 4 is 5.97 Å². The molecule has 80 valence electrons. The van der Waals surface area contributed by atoms with E-state index in [0.29, 0.717) is 12.1 Å². The van der Waals surface area contributed by atoms with Gasteiger partial charge in [0, 0.05) is 19.2 Å². The van der Waals surface area contributed by atoms with E-state index in [9.17, 15) is 4.79 Å². The zero-order chi connectivity index (χ0) is 11.1. The number of hydrogen-bond donors (Lipinski definition) is 0. The van der Waals surface area contributed by atoms with E-state index in [0.717, 1.165) is 19.4 Å². The lowest BCUT2D eigenvalue weighted by molar-refractivity contribution is 0.0588. The predicted molar refractivity (Wildman–Crippen MR) is 55.2 cm³/mol. The largest absolute Gasteiger partial charge is 0.464 e. The maximum absolute atomic E-state index is 11.3. The molecule has 1 heterocycles. The number of aromatic nitrogens is 1. The van der Waals surface area contributed by atoms with Crippen molar-refractivity contribution in [2.24, 2.45) is 0 Å². The molecule has 0 saturated heterocycles. The van der Waals surface area contributed by atoms with Crippen LogP contribution in [0.1, 0.15) is 29.8 Å². The highest BCUT2D eigenvalue weighted by Crippen LogP contribution is 2.06. The molecule has 4 nitrogen and oxygen atoms in total. The third-order valence-electron chi connectivity index (χ3n) is 2.16. The van der Waals surface area contributed by atoms with E-state index in [1.54, 1.807) is 6.07 Å². The molecule has 0 aliphatic heterocycles. The Kier molecular flexibility index (Phi) is 4.42. The van der Waals surface area contributed by atoms with E-state index < -0.39 is 0 Å². The monoisotopic (exact) mass is 206 g/mol. The molecule has 0 aliphatic rings. The van der Waals surface area contributed by atoms with Crippen LogP contribution in [0.3, 0.4) is 0 Å². The summed E-state index contributed by atoms with van der Waals surface area (Å²) >= 11 is 0. The summed E-state index contributed by atoms with van der Waals surface area (Å²) in [6.07, 6.45) is 4.16. The summed E-state index contributed by atoms with van der Waals surface area (Å²) in [7, 11) is 1.37. The first kappa shape index (κ1) is 11.3. The predicted octanol–water partition coefficient (Wildman–Crippen LogP) is 1.97. The first-order valence-corrected chi connectivity index (χ1v) is 4.90. The molecule has 0 unspecified atom stereocenters. The van der Waals surface area contributed by atoms with Crippen molar-refractivity contribution in [2.45, 2.75) is 25.8 Å². The van der Waals surface area contributed by atoms with Gasteiger partial charge in [-0.15, -0.1) is 0 Å². The number of esters is 1. The first-order valence-electron chi connectivity index (χ1n) is 4.90. The number of nitriles is 1. The van der Waals surface area contributed by atoms with Crippen LogP contribution in [0.15, 0.2) is 18.3 Å². The molecule has 1 rings (SSSR count). The van der Waals surface area contributed by atoms with Gasteiger partial charge >= 0.3 is 5.97 Å². The normalized spacial score (nSPS) is 9.60. The van der Waals surface area contributed by atoms with Crippen LogP contribution in [-0.2, 0) is 11.3 Å². The van der Waals surface area contributed by atoms with Crippen molar-refractivity contribution < 1.29 is 9.53 Å². The van der Waals surface area contributed by atoms with Crippen LogP contribution < -0.4 is 0 Å². The number of carbonyl (C=O) groups is 1. The number of unbranched alkanes of at least 4 members (excludes halogenated alkanes) is 2. The Balaban J connectivity index is 2.51. The Morgan fingerprint density at radius 1 is 1.60 bits per heavy atom. The molecule has 0 bridgehead atoms. The minimum Gasteiger partial charge on any atom is -0.464 e. The lowest BCUT2D eigenvalue weighted by Crippen LogP contribution is -2.10. The maximum atomic E-state index is 11.3. The standard InChI is InChI=1S/C11H14N2O2/c1-15-11(14)10-6-5-9-13(10)8-4-2-3-7-12/h5-6,9H,2-4,8H2,1H3. The number of rotatable bonds is 5. The highest BCUT2D eigenvalue weighted by atomic mass is 16.5. The van der Waals surface area contributed by atoms with E-state index in [1.165, 1.54) is 7.11 Å². The van der Waals surface area contributed by atoms with Crippen LogP contribution in [0.2, 0.25) is 0 Å². The molecule has 0 saturated carbocycles. The number of nitrogens with zero attached hydrogens (tertiary/aromatic N) is 2. The van der Waals surface area contributed by atoms with Crippen molar-refractivity contribution in [1.29, 1.82) is 5.26 Å². The fraction of sp³-hybridized carbons (Fsp3) is 0.455. The molecular weight excluding hydrogens is 192 g/mol. The molecule has 0 spiro atoms. The Bertz CT molecular complexity index is 363. The topological polar surface area (TPSA) is 55.0 Å². The summed E-state index contributed by atoms with van der Waals surface area (Å²) in [6.45, 7) is 0.749. The second kappa shape index (κ2) is 5.86. The SMILES string of the molecule is COC(=O)c1cccn1CCCCC#N. The van der Waals surface area contributed by atoms with Crippen LogP contribution >= 0.6 is 0 Å². The van der Waals surface area contributed by atoms with E-state index in [-0.39, 0.29) is 5.97 Å². The summed E-state index contributed by atoms with van der Waals surface area (Å²) in [6, 6.07) is 5.64. The van der Waals surface area contributed by atoms with E-state index in [4.69, 9.17) is 5.26 Å². The van der Waals surface area contributed by atoms with Crippen molar-refractivity contribution in [2.75, 3.05) is 7.11 Å². The Hall–Kier alpha value is -1.76. The molecule has 0 fully saturated rings. The second-order valence-electron chi connectivity index (χ2n) is 3.19. The fourth-order valence-electron chi connectivity index (χ4n) is 1.39. The summed E-state index contributed by atoms with van der Waals surface area (Å²) in [5.41, 5.74) is 0.564. The highest BCUT2D eigenvalue weighted by molar-refractivity contribution is 5.87. The van der Waals surface area contributed by atoms with Crippen LogP contribution in [0.25, 0.3) is 0 Å². The fourth-order valence-corrected chi connectivity index (χ4v) is 1.39. The molecule has 0 amide bonds. The molecule has 0 aliphatic carbocycles.